The van der Waals surface area contributed by atoms with Crippen LogP contribution in [0.2, 0.25) is 0 Å². The monoisotopic (exact) mass is 165 g/mol. The minimum atomic E-state index is 0.0828. The summed E-state index contributed by atoms with van der Waals surface area (Å²) in [4.78, 5) is 11.1. The first-order valence-electron chi connectivity index (χ1n) is 4.70. The van der Waals surface area contributed by atoms with Crippen molar-refractivity contribution >= 4 is 5.91 Å². The number of hydrogen-bond donors (Lipinski definition) is 1. The van der Waals surface area contributed by atoms with E-state index in [9.17, 15) is 4.79 Å². The van der Waals surface area contributed by atoms with Crippen molar-refractivity contribution in [1.82, 2.24) is 5.32 Å². The Hall–Kier alpha value is -0.790. The third-order valence-electron chi connectivity index (χ3n) is 3.19. The standard InChI is InChI=1S/C10H15NO/c1-10-6-3-2-4-8(10)11-9(12)5-7-10/h5,7-8H,2-4,6H2,1H3,(H,11,12)/t8-,10+/m1/s1. The highest BCUT2D eigenvalue weighted by Crippen LogP contribution is 2.38. The molecule has 2 rings (SSSR count). The molecule has 2 aliphatic rings. The molecule has 0 bridgehead atoms. The average Bonchev–Trinajstić information content (AvgIpc) is 2.06. The zero-order valence-electron chi connectivity index (χ0n) is 7.47. The van der Waals surface area contributed by atoms with Crippen molar-refractivity contribution in [3.05, 3.63) is 12.2 Å². The fourth-order valence-corrected chi connectivity index (χ4v) is 2.28. The molecule has 0 saturated heterocycles. The van der Waals surface area contributed by atoms with Crippen LogP contribution in [-0.4, -0.2) is 11.9 Å². The largest absolute Gasteiger partial charge is 0.349 e. The maximum Gasteiger partial charge on any atom is 0.243 e. The topological polar surface area (TPSA) is 29.1 Å². The summed E-state index contributed by atoms with van der Waals surface area (Å²) in [6, 6.07) is 0.392. The molecule has 0 aromatic rings. The Kier molecular flexibility index (Phi) is 1.71. The van der Waals surface area contributed by atoms with Crippen LogP contribution in [0, 0.1) is 5.41 Å². The Bertz CT molecular complexity index is 234. The zero-order valence-corrected chi connectivity index (χ0v) is 7.47. The summed E-state index contributed by atoms with van der Waals surface area (Å²) in [5.74, 6) is 0.0828. The summed E-state index contributed by atoms with van der Waals surface area (Å²) in [6.07, 6.45) is 8.69. The van der Waals surface area contributed by atoms with Crippen LogP contribution in [0.15, 0.2) is 12.2 Å². The molecule has 1 amide bonds. The van der Waals surface area contributed by atoms with Gasteiger partial charge in [0.2, 0.25) is 5.91 Å². The van der Waals surface area contributed by atoms with Crippen molar-refractivity contribution < 1.29 is 4.79 Å². The third kappa shape index (κ3) is 1.15. The lowest BCUT2D eigenvalue weighted by Crippen LogP contribution is -2.49. The van der Waals surface area contributed by atoms with E-state index >= 15 is 0 Å². The molecule has 66 valence electrons. The van der Waals surface area contributed by atoms with Gasteiger partial charge in [-0.3, -0.25) is 4.79 Å². The van der Waals surface area contributed by atoms with Crippen LogP contribution in [0.3, 0.4) is 0 Å². The van der Waals surface area contributed by atoms with E-state index in [0.29, 0.717) is 6.04 Å². The Balaban J connectivity index is 2.23. The molecule has 1 saturated carbocycles. The number of nitrogens with one attached hydrogen (secondary N) is 1. The molecular formula is C10H15NO. The average molecular weight is 165 g/mol. The maximum atomic E-state index is 11.1. The van der Waals surface area contributed by atoms with Gasteiger partial charge in [-0.25, -0.2) is 0 Å². The fraction of sp³-hybridized carbons (Fsp3) is 0.700. The van der Waals surface area contributed by atoms with Gasteiger partial charge >= 0.3 is 0 Å². The molecule has 2 heteroatoms. The first-order chi connectivity index (χ1) is 5.71. The molecule has 0 aromatic heterocycles. The van der Waals surface area contributed by atoms with Gasteiger partial charge in [-0.2, -0.15) is 0 Å². The molecular weight excluding hydrogens is 150 g/mol. The number of amides is 1. The number of carbonyl (C=O) groups is 1. The van der Waals surface area contributed by atoms with Gasteiger partial charge in [0.25, 0.3) is 0 Å². The summed E-state index contributed by atoms with van der Waals surface area (Å²) in [5, 5.41) is 3.03. The predicted molar refractivity (Wildman–Crippen MR) is 47.6 cm³/mol. The molecule has 0 radical (unpaired) electrons. The molecule has 12 heavy (non-hydrogen) atoms. The second-order valence-corrected chi connectivity index (χ2v) is 4.15. The molecule has 0 aromatic carbocycles. The summed E-state index contributed by atoms with van der Waals surface area (Å²) < 4.78 is 0. The van der Waals surface area contributed by atoms with Gasteiger partial charge in [0.1, 0.15) is 0 Å². The van der Waals surface area contributed by atoms with E-state index in [1.54, 1.807) is 6.08 Å². The van der Waals surface area contributed by atoms with E-state index in [4.69, 9.17) is 0 Å². The van der Waals surface area contributed by atoms with Crippen LogP contribution in [0.5, 0.6) is 0 Å². The number of carbonyl (C=O) groups excluding carboxylic acids is 1. The van der Waals surface area contributed by atoms with Gasteiger partial charge in [0.15, 0.2) is 0 Å². The van der Waals surface area contributed by atoms with Crippen molar-refractivity contribution in [2.45, 2.75) is 38.6 Å². The minimum Gasteiger partial charge on any atom is -0.349 e. The maximum absolute atomic E-state index is 11.1. The molecule has 1 aliphatic heterocycles. The van der Waals surface area contributed by atoms with Crippen LogP contribution < -0.4 is 5.32 Å². The molecule has 1 N–H and O–H groups in total. The van der Waals surface area contributed by atoms with Gasteiger partial charge in [-0.1, -0.05) is 25.8 Å². The summed E-state index contributed by atoms with van der Waals surface area (Å²) in [6.45, 7) is 2.24. The van der Waals surface area contributed by atoms with Crippen LogP contribution in [0.25, 0.3) is 0 Å². The van der Waals surface area contributed by atoms with E-state index in [0.717, 1.165) is 6.42 Å². The van der Waals surface area contributed by atoms with Gasteiger partial charge in [-0.05, 0) is 18.9 Å². The third-order valence-corrected chi connectivity index (χ3v) is 3.19. The van der Waals surface area contributed by atoms with E-state index in [-0.39, 0.29) is 11.3 Å². The molecule has 1 heterocycles. The van der Waals surface area contributed by atoms with Crippen molar-refractivity contribution in [1.29, 1.82) is 0 Å². The Labute approximate surface area is 73.0 Å². The Morgan fingerprint density at radius 2 is 2.42 bits per heavy atom. The van der Waals surface area contributed by atoms with E-state index in [2.05, 4.69) is 18.3 Å². The van der Waals surface area contributed by atoms with E-state index in [1.165, 1.54) is 19.3 Å². The lowest BCUT2D eigenvalue weighted by atomic mass is 9.70. The highest BCUT2D eigenvalue weighted by molar-refractivity contribution is 5.89. The van der Waals surface area contributed by atoms with Crippen LogP contribution in [0.1, 0.15) is 32.6 Å². The summed E-state index contributed by atoms with van der Waals surface area (Å²) in [7, 11) is 0. The zero-order chi connectivity index (χ0) is 8.60. The van der Waals surface area contributed by atoms with Gasteiger partial charge in [0.05, 0.1) is 0 Å². The van der Waals surface area contributed by atoms with Crippen molar-refractivity contribution in [3.63, 3.8) is 0 Å². The smallest absolute Gasteiger partial charge is 0.243 e. The SMILES string of the molecule is C[C@]12C=CC(=O)N[C@@H]1CCCC2. The first-order valence-corrected chi connectivity index (χ1v) is 4.70. The summed E-state index contributed by atoms with van der Waals surface area (Å²) >= 11 is 0. The number of rotatable bonds is 0. The normalized spacial score (nSPS) is 40.4. The molecule has 1 aliphatic carbocycles. The van der Waals surface area contributed by atoms with Crippen LogP contribution in [0.4, 0.5) is 0 Å². The van der Waals surface area contributed by atoms with Crippen molar-refractivity contribution in [3.8, 4) is 0 Å². The number of hydrogen-bond acceptors (Lipinski definition) is 1. The number of fused-ring (bicyclic) bond motifs is 1. The predicted octanol–water partition coefficient (Wildman–Crippen LogP) is 1.62. The fourth-order valence-electron chi connectivity index (χ4n) is 2.28. The summed E-state index contributed by atoms with van der Waals surface area (Å²) in [5.41, 5.74) is 0.242. The quantitative estimate of drug-likeness (QED) is 0.580. The highest BCUT2D eigenvalue weighted by Gasteiger charge is 2.37. The molecule has 2 atom stereocenters. The molecule has 0 spiro atoms. The highest BCUT2D eigenvalue weighted by atomic mass is 16.1. The van der Waals surface area contributed by atoms with Gasteiger partial charge < -0.3 is 5.32 Å². The van der Waals surface area contributed by atoms with Gasteiger partial charge in [-0.15, -0.1) is 0 Å². The van der Waals surface area contributed by atoms with E-state index in [1.807, 2.05) is 0 Å². The Morgan fingerprint density at radius 1 is 1.58 bits per heavy atom. The molecule has 2 nitrogen and oxygen atoms in total. The second kappa shape index (κ2) is 2.61. The van der Waals surface area contributed by atoms with E-state index < -0.39 is 0 Å². The lowest BCUT2D eigenvalue weighted by Gasteiger charge is -2.41. The first kappa shape index (κ1) is 7.84. The van der Waals surface area contributed by atoms with Crippen LogP contribution in [-0.2, 0) is 4.79 Å². The Morgan fingerprint density at radius 3 is 3.25 bits per heavy atom. The molecule has 0 unspecified atom stereocenters. The lowest BCUT2D eigenvalue weighted by molar-refractivity contribution is -0.119. The second-order valence-electron chi connectivity index (χ2n) is 4.15. The van der Waals surface area contributed by atoms with Crippen molar-refractivity contribution in [2.24, 2.45) is 5.41 Å². The van der Waals surface area contributed by atoms with Crippen molar-refractivity contribution in [2.75, 3.05) is 0 Å². The molecule has 1 fully saturated rings. The minimum absolute atomic E-state index is 0.0828. The van der Waals surface area contributed by atoms with Crippen LogP contribution >= 0.6 is 0 Å². The van der Waals surface area contributed by atoms with Gasteiger partial charge in [0, 0.05) is 11.5 Å².